The van der Waals surface area contributed by atoms with Crippen LogP contribution in [0, 0.1) is 13.1 Å². The maximum atomic E-state index is 10.7. The molecular formula is C19H16N2O5S+2. The maximum absolute atomic E-state index is 10.7. The third-order valence-corrected chi connectivity index (χ3v) is 3.75. The minimum Gasteiger partial charge on any atom is -0.497 e. The summed E-state index contributed by atoms with van der Waals surface area (Å²) in [6.45, 7) is 10.9. The number of benzene rings is 2. The van der Waals surface area contributed by atoms with E-state index < -0.39 is 10.4 Å². The van der Waals surface area contributed by atoms with Gasteiger partial charge in [-0.05, 0) is 45.1 Å². The summed E-state index contributed by atoms with van der Waals surface area (Å²) in [4.78, 5) is 7.40. The summed E-state index contributed by atoms with van der Waals surface area (Å²) in [7, 11) is -3.00. The molecule has 0 saturated heterocycles. The molecule has 0 aromatic heterocycles. The van der Waals surface area contributed by atoms with Crippen molar-refractivity contribution in [2.45, 2.75) is 0 Å². The summed E-state index contributed by atoms with van der Waals surface area (Å²) < 4.78 is 39.5. The molecule has 0 bridgehead atoms. The van der Waals surface area contributed by atoms with Crippen LogP contribution in [0.4, 0.5) is 0 Å². The zero-order valence-corrected chi connectivity index (χ0v) is 15.1. The van der Waals surface area contributed by atoms with E-state index in [1.54, 1.807) is 43.5 Å². The predicted molar refractivity (Wildman–Crippen MR) is 104 cm³/mol. The molecule has 0 saturated carbocycles. The number of methoxy groups -OCH3 is 1. The lowest BCUT2D eigenvalue weighted by Gasteiger charge is -2.00. The number of rotatable bonds is 6. The Labute approximate surface area is 157 Å². The van der Waals surface area contributed by atoms with E-state index >= 15 is 0 Å². The van der Waals surface area contributed by atoms with Gasteiger partial charge in [-0.2, -0.15) is 8.42 Å². The van der Waals surface area contributed by atoms with E-state index in [1.165, 1.54) is 12.1 Å². The summed E-state index contributed by atoms with van der Waals surface area (Å²) in [6.07, 6.45) is 3.29. The SMILES string of the molecule is C#[N+]C(=Cc1ccc(OC)cc1)C(=Cc1ccc(OS(=O)(=O)O)cc1)[N+]#C. The first-order valence-corrected chi connectivity index (χ1v) is 8.88. The van der Waals surface area contributed by atoms with Crippen LogP contribution in [0.2, 0.25) is 0 Å². The van der Waals surface area contributed by atoms with E-state index in [-0.39, 0.29) is 5.75 Å². The second kappa shape index (κ2) is 8.68. The lowest BCUT2D eigenvalue weighted by Crippen LogP contribution is -2.06. The van der Waals surface area contributed by atoms with Crippen LogP contribution in [0.1, 0.15) is 11.1 Å². The second-order valence-electron chi connectivity index (χ2n) is 5.17. The molecule has 0 aliphatic rings. The van der Waals surface area contributed by atoms with Gasteiger partial charge in [0.05, 0.1) is 7.11 Å². The van der Waals surface area contributed by atoms with Gasteiger partial charge in [-0.25, -0.2) is 0 Å². The summed E-state index contributed by atoms with van der Waals surface area (Å²) in [6, 6.07) is 13.0. The Balaban J connectivity index is 2.31. The van der Waals surface area contributed by atoms with E-state index in [9.17, 15) is 8.42 Å². The van der Waals surface area contributed by atoms with Crippen molar-refractivity contribution in [1.82, 2.24) is 0 Å². The van der Waals surface area contributed by atoms with Gasteiger partial charge in [0.2, 0.25) is 0 Å². The van der Waals surface area contributed by atoms with E-state index in [0.717, 1.165) is 5.56 Å². The molecular weight excluding hydrogens is 368 g/mol. The molecule has 2 rings (SSSR count). The second-order valence-corrected chi connectivity index (χ2v) is 6.19. The monoisotopic (exact) mass is 384 g/mol. The minimum absolute atomic E-state index is 0.0431. The Morgan fingerprint density at radius 2 is 1.30 bits per heavy atom. The van der Waals surface area contributed by atoms with Crippen LogP contribution in [-0.2, 0) is 10.4 Å². The molecule has 0 atom stereocenters. The van der Waals surface area contributed by atoms with Crippen LogP contribution >= 0.6 is 0 Å². The van der Waals surface area contributed by atoms with E-state index in [2.05, 4.69) is 13.9 Å². The zero-order chi connectivity index (χ0) is 19.9. The molecule has 7 nitrogen and oxygen atoms in total. The van der Waals surface area contributed by atoms with Crippen molar-refractivity contribution in [3.8, 4) is 24.6 Å². The van der Waals surface area contributed by atoms with Crippen molar-refractivity contribution in [2.24, 2.45) is 0 Å². The molecule has 0 unspecified atom stereocenters. The fourth-order valence-electron chi connectivity index (χ4n) is 2.11. The molecule has 8 heteroatoms. The average molecular weight is 384 g/mol. The fourth-order valence-corrected chi connectivity index (χ4v) is 2.47. The van der Waals surface area contributed by atoms with Gasteiger partial charge in [-0.1, -0.05) is 24.3 Å². The number of nitrogens with zero attached hydrogens (tertiary/aromatic N) is 2. The van der Waals surface area contributed by atoms with Crippen LogP contribution in [0.15, 0.2) is 59.9 Å². The Hall–Kier alpha value is -3.59. The minimum atomic E-state index is -4.58. The van der Waals surface area contributed by atoms with Crippen LogP contribution in [-0.4, -0.2) is 20.1 Å². The third-order valence-electron chi connectivity index (χ3n) is 3.34. The molecule has 27 heavy (non-hydrogen) atoms. The topological polar surface area (TPSA) is 81.5 Å². The normalized spacial score (nSPS) is 12.0. The number of hydrogen-bond donors (Lipinski definition) is 1. The van der Waals surface area contributed by atoms with Crippen molar-refractivity contribution < 1.29 is 21.9 Å². The first-order valence-electron chi connectivity index (χ1n) is 7.51. The average Bonchev–Trinajstić information content (AvgIpc) is 2.65. The highest BCUT2D eigenvalue weighted by atomic mass is 32.3. The van der Waals surface area contributed by atoms with Crippen molar-refractivity contribution >= 4 is 22.6 Å². The molecule has 0 amide bonds. The summed E-state index contributed by atoms with van der Waals surface area (Å²) in [5.41, 5.74) is 2.08. The van der Waals surface area contributed by atoms with E-state index in [4.69, 9.17) is 22.4 Å². The number of hydrogen-bond acceptors (Lipinski definition) is 4. The third kappa shape index (κ3) is 6.01. The summed E-state index contributed by atoms with van der Waals surface area (Å²) in [5, 5.41) is 0. The molecule has 0 fully saturated rings. The molecule has 0 radical (unpaired) electrons. The van der Waals surface area contributed by atoms with Crippen LogP contribution < -0.4 is 8.92 Å². The molecule has 136 valence electrons. The smallest absolute Gasteiger partial charge is 0.446 e. The Morgan fingerprint density at radius 1 is 0.889 bits per heavy atom. The van der Waals surface area contributed by atoms with E-state index in [1.807, 2.05) is 12.1 Å². The standard InChI is InChI=1S/C19H15N2O5S/c1-20-18(12-14-4-8-16(25-3)9-5-14)19(21-2)13-15-6-10-17(11-7-15)26-27(22,23)24/h1-2,4-13H,3H3/q+1/p+1. The summed E-state index contributed by atoms with van der Waals surface area (Å²) >= 11 is 0. The molecule has 0 aliphatic carbocycles. The Bertz CT molecular complexity index is 1060. The Kier molecular flexibility index (Phi) is 6.34. The van der Waals surface area contributed by atoms with Gasteiger partial charge in [0, 0.05) is 12.2 Å². The van der Waals surface area contributed by atoms with Crippen molar-refractivity contribution in [2.75, 3.05) is 7.11 Å². The maximum Gasteiger partial charge on any atom is 0.446 e. The van der Waals surface area contributed by atoms with Gasteiger partial charge in [0.25, 0.3) is 13.1 Å². The van der Waals surface area contributed by atoms with E-state index in [0.29, 0.717) is 22.7 Å². The van der Waals surface area contributed by atoms with Gasteiger partial charge in [0.15, 0.2) is 0 Å². The Morgan fingerprint density at radius 3 is 1.63 bits per heavy atom. The first kappa shape index (κ1) is 19.7. The van der Waals surface area contributed by atoms with Gasteiger partial charge in [-0.15, -0.1) is 0 Å². The summed E-state index contributed by atoms with van der Waals surface area (Å²) in [5.74, 6) is 0.670. The van der Waals surface area contributed by atoms with Gasteiger partial charge in [0.1, 0.15) is 11.5 Å². The molecule has 2 aromatic rings. The molecule has 1 N–H and O–H groups in total. The fraction of sp³-hybridized carbons (Fsp3) is 0.0526. The largest absolute Gasteiger partial charge is 0.497 e. The van der Waals surface area contributed by atoms with Crippen LogP contribution in [0.5, 0.6) is 11.5 Å². The van der Waals surface area contributed by atoms with Crippen LogP contribution in [0.25, 0.3) is 21.8 Å². The lowest BCUT2D eigenvalue weighted by atomic mass is 10.1. The first-order chi connectivity index (χ1) is 12.8. The quantitative estimate of drug-likeness (QED) is 0.597. The van der Waals surface area contributed by atoms with Gasteiger partial charge >= 0.3 is 21.8 Å². The van der Waals surface area contributed by atoms with Crippen LogP contribution in [0.3, 0.4) is 0 Å². The molecule has 2 aromatic carbocycles. The lowest BCUT2D eigenvalue weighted by molar-refractivity contribution is 0.387. The highest BCUT2D eigenvalue weighted by Gasteiger charge is 2.24. The van der Waals surface area contributed by atoms with Crippen molar-refractivity contribution in [3.05, 3.63) is 80.7 Å². The number of ether oxygens (including phenoxy) is 1. The van der Waals surface area contributed by atoms with Gasteiger partial charge < -0.3 is 8.92 Å². The highest BCUT2D eigenvalue weighted by molar-refractivity contribution is 7.81. The molecule has 0 spiro atoms. The zero-order valence-electron chi connectivity index (χ0n) is 14.3. The van der Waals surface area contributed by atoms with Crippen molar-refractivity contribution in [3.63, 3.8) is 0 Å². The molecule has 0 aliphatic heterocycles. The molecule has 0 heterocycles. The highest BCUT2D eigenvalue weighted by Crippen LogP contribution is 2.23. The predicted octanol–water partition coefficient (Wildman–Crippen LogP) is 4.18. The van der Waals surface area contributed by atoms with Gasteiger partial charge in [-0.3, -0.25) is 4.55 Å². The van der Waals surface area contributed by atoms with Crippen molar-refractivity contribution in [1.29, 1.82) is 0 Å².